The smallest absolute Gasteiger partial charge is 0.357 e. The Kier molecular flexibility index (Phi) is 6.92. The molecule has 0 spiro atoms. The van der Waals surface area contributed by atoms with E-state index in [1.54, 1.807) is 13.0 Å². The number of esters is 1. The van der Waals surface area contributed by atoms with E-state index in [1.807, 2.05) is 69.3 Å². The SMILES string of the molecule is Cc1ccc([C@H](C)NC(=O)COC(=O)/C(=C/c2ccccc2)n2nnnc2C)cc1C. The lowest BCUT2D eigenvalue weighted by atomic mass is 10.0. The Balaban J connectivity index is 1.68. The van der Waals surface area contributed by atoms with Crippen LogP contribution in [-0.2, 0) is 14.3 Å². The molecule has 0 radical (unpaired) electrons. The van der Waals surface area contributed by atoms with Crippen LogP contribution in [0.15, 0.2) is 48.5 Å². The Morgan fingerprint density at radius 3 is 2.48 bits per heavy atom. The summed E-state index contributed by atoms with van der Waals surface area (Å²) in [7, 11) is 0. The van der Waals surface area contributed by atoms with Gasteiger partial charge in [-0.2, -0.15) is 4.68 Å². The summed E-state index contributed by atoms with van der Waals surface area (Å²) >= 11 is 0. The minimum Gasteiger partial charge on any atom is -0.451 e. The highest BCUT2D eigenvalue weighted by Gasteiger charge is 2.19. The van der Waals surface area contributed by atoms with Gasteiger partial charge >= 0.3 is 5.97 Å². The van der Waals surface area contributed by atoms with Gasteiger partial charge in [0.15, 0.2) is 18.1 Å². The van der Waals surface area contributed by atoms with Crippen molar-refractivity contribution < 1.29 is 14.3 Å². The van der Waals surface area contributed by atoms with Crippen LogP contribution in [0.4, 0.5) is 0 Å². The summed E-state index contributed by atoms with van der Waals surface area (Å²) in [5, 5.41) is 14.1. The quantitative estimate of drug-likeness (QED) is 0.467. The Hall–Kier alpha value is -3.81. The van der Waals surface area contributed by atoms with E-state index in [4.69, 9.17) is 4.74 Å². The second kappa shape index (κ2) is 9.80. The van der Waals surface area contributed by atoms with Crippen molar-refractivity contribution >= 4 is 23.6 Å². The number of carbonyl (C=O) groups is 2. The third-order valence-electron chi connectivity index (χ3n) is 4.91. The van der Waals surface area contributed by atoms with Crippen LogP contribution < -0.4 is 5.32 Å². The lowest BCUT2D eigenvalue weighted by Crippen LogP contribution is -2.31. The largest absolute Gasteiger partial charge is 0.451 e. The number of benzene rings is 2. The number of nitrogens with one attached hydrogen (secondary N) is 1. The molecule has 1 atom stereocenters. The number of nitrogens with zero attached hydrogens (tertiary/aromatic N) is 4. The molecule has 3 rings (SSSR count). The molecule has 1 heterocycles. The predicted molar refractivity (Wildman–Crippen MR) is 117 cm³/mol. The molecule has 1 amide bonds. The Labute approximate surface area is 180 Å². The van der Waals surface area contributed by atoms with Gasteiger partial charge in [-0.1, -0.05) is 48.5 Å². The second-order valence-corrected chi connectivity index (χ2v) is 7.29. The van der Waals surface area contributed by atoms with Crippen molar-refractivity contribution in [1.29, 1.82) is 0 Å². The van der Waals surface area contributed by atoms with E-state index >= 15 is 0 Å². The maximum absolute atomic E-state index is 12.8. The first-order valence-electron chi connectivity index (χ1n) is 9.91. The van der Waals surface area contributed by atoms with Crippen LogP contribution in [0.1, 0.15) is 41.0 Å². The first-order valence-corrected chi connectivity index (χ1v) is 9.91. The summed E-state index contributed by atoms with van der Waals surface area (Å²) in [6.45, 7) is 7.20. The second-order valence-electron chi connectivity index (χ2n) is 7.29. The maximum Gasteiger partial charge on any atom is 0.357 e. The van der Waals surface area contributed by atoms with Gasteiger partial charge in [-0.25, -0.2) is 4.79 Å². The normalized spacial score (nSPS) is 12.3. The van der Waals surface area contributed by atoms with Gasteiger partial charge in [0, 0.05) is 0 Å². The Morgan fingerprint density at radius 2 is 1.84 bits per heavy atom. The van der Waals surface area contributed by atoms with Crippen LogP contribution in [0.5, 0.6) is 0 Å². The molecule has 2 aromatic carbocycles. The van der Waals surface area contributed by atoms with E-state index in [-0.39, 0.29) is 11.7 Å². The zero-order valence-electron chi connectivity index (χ0n) is 18.0. The monoisotopic (exact) mass is 419 g/mol. The van der Waals surface area contributed by atoms with Crippen molar-refractivity contribution in [3.63, 3.8) is 0 Å². The molecule has 0 saturated carbocycles. The summed E-state index contributed by atoms with van der Waals surface area (Å²) in [6, 6.07) is 15.1. The molecule has 3 aromatic rings. The fourth-order valence-corrected chi connectivity index (χ4v) is 2.97. The highest BCUT2D eigenvalue weighted by Crippen LogP contribution is 2.17. The third-order valence-corrected chi connectivity index (χ3v) is 4.91. The van der Waals surface area contributed by atoms with Crippen molar-refractivity contribution in [2.75, 3.05) is 6.61 Å². The minimum atomic E-state index is -0.701. The predicted octanol–water partition coefficient (Wildman–Crippen LogP) is 3.02. The summed E-state index contributed by atoms with van der Waals surface area (Å²) in [5.41, 5.74) is 4.21. The number of amides is 1. The Bertz CT molecular complexity index is 1110. The van der Waals surface area contributed by atoms with Gasteiger partial charge in [-0.3, -0.25) is 4.79 Å². The first kappa shape index (κ1) is 21.9. The van der Waals surface area contributed by atoms with Crippen LogP contribution in [0.2, 0.25) is 0 Å². The van der Waals surface area contributed by atoms with E-state index in [2.05, 4.69) is 20.8 Å². The van der Waals surface area contributed by atoms with Crippen molar-refractivity contribution in [1.82, 2.24) is 25.5 Å². The van der Waals surface area contributed by atoms with E-state index in [0.717, 1.165) is 16.7 Å². The number of carbonyl (C=O) groups excluding carboxylic acids is 2. The molecule has 0 fully saturated rings. The topological polar surface area (TPSA) is 99.0 Å². The van der Waals surface area contributed by atoms with Gasteiger partial charge in [0.05, 0.1) is 6.04 Å². The fraction of sp³-hybridized carbons (Fsp3) is 0.261. The molecule has 0 aliphatic rings. The molecule has 1 aromatic heterocycles. The van der Waals surface area contributed by atoms with E-state index in [9.17, 15) is 9.59 Å². The molecule has 8 heteroatoms. The molecule has 0 aliphatic heterocycles. The zero-order chi connectivity index (χ0) is 22.4. The number of aryl methyl sites for hydroxylation is 3. The minimum absolute atomic E-state index is 0.115. The molecular formula is C23H25N5O3. The fourth-order valence-electron chi connectivity index (χ4n) is 2.97. The molecule has 1 N–H and O–H groups in total. The van der Waals surface area contributed by atoms with Crippen LogP contribution in [0.25, 0.3) is 11.8 Å². The maximum atomic E-state index is 12.8. The van der Waals surface area contributed by atoms with Crippen LogP contribution in [0.3, 0.4) is 0 Å². The highest BCUT2D eigenvalue weighted by molar-refractivity contribution is 6.15. The van der Waals surface area contributed by atoms with Crippen molar-refractivity contribution in [3.05, 3.63) is 76.6 Å². The number of hydrogen-bond donors (Lipinski definition) is 1. The molecular weight excluding hydrogens is 394 g/mol. The summed E-state index contributed by atoms with van der Waals surface area (Å²) < 4.78 is 6.54. The molecule has 8 nitrogen and oxygen atoms in total. The van der Waals surface area contributed by atoms with Crippen molar-refractivity contribution in [2.24, 2.45) is 0 Å². The van der Waals surface area contributed by atoms with Gasteiger partial charge in [0.1, 0.15) is 0 Å². The molecule has 0 aliphatic carbocycles. The molecule has 0 unspecified atom stereocenters. The van der Waals surface area contributed by atoms with Gasteiger partial charge < -0.3 is 10.1 Å². The number of tetrazole rings is 1. The number of hydrogen-bond acceptors (Lipinski definition) is 6. The van der Waals surface area contributed by atoms with Gasteiger partial charge in [0.2, 0.25) is 0 Å². The number of rotatable bonds is 7. The summed E-state index contributed by atoms with van der Waals surface area (Å²) in [4.78, 5) is 25.1. The molecule has 31 heavy (non-hydrogen) atoms. The van der Waals surface area contributed by atoms with Crippen LogP contribution >= 0.6 is 0 Å². The summed E-state index contributed by atoms with van der Waals surface area (Å²) in [5.74, 6) is -0.674. The lowest BCUT2D eigenvalue weighted by molar-refractivity contribution is -0.143. The van der Waals surface area contributed by atoms with Crippen LogP contribution in [0, 0.1) is 20.8 Å². The van der Waals surface area contributed by atoms with Crippen LogP contribution in [-0.4, -0.2) is 38.7 Å². The average molecular weight is 419 g/mol. The van der Waals surface area contributed by atoms with Gasteiger partial charge in [-0.15, -0.1) is 5.10 Å². The summed E-state index contributed by atoms with van der Waals surface area (Å²) in [6.07, 6.45) is 1.61. The average Bonchev–Trinajstić information content (AvgIpc) is 3.18. The first-order chi connectivity index (χ1) is 14.8. The van der Waals surface area contributed by atoms with Crippen molar-refractivity contribution in [3.8, 4) is 0 Å². The van der Waals surface area contributed by atoms with E-state index in [1.165, 1.54) is 10.2 Å². The van der Waals surface area contributed by atoms with E-state index < -0.39 is 18.5 Å². The molecule has 0 saturated heterocycles. The van der Waals surface area contributed by atoms with Gasteiger partial charge in [0.25, 0.3) is 5.91 Å². The zero-order valence-corrected chi connectivity index (χ0v) is 18.0. The van der Waals surface area contributed by atoms with Gasteiger partial charge in [-0.05, 0) is 66.5 Å². The number of aromatic nitrogens is 4. The third kappa shape index (κ3) is 5.63. The lowest BCUT2D eigenvalue weighted by Gasteiger charge is -2.16. The number of ether oxygens (including phenoxy) is 1. The molecule has 160 valence electrons. The molecule has 0 bridgehead atoms. The standard InChI is InChI=1S/C23H25N5O3/c1-15-10-11-20(12-16(15)2)17(3)24-22(29)14-31-23(30)21(28-18(4)25-26-27-28)13-19-8-6-5-7-9-19/h5-13,17H,14H2,1-4H3,(H,24,29)/b21-13-/t17-/m0/s1. The van der Waals surface area contributed by atoms with Crippen molar-refractivity contribution in [2.45, 2.75) is 33.7 Å². The van der Waals surface area contributed by atoms with E-state index in [0.29, 0.717) is 5.82 Å². The highest BCUT2D eigenvalue weighted by atomic mass is 16.5. The Morgan fingerprint density at radius 1 is 1.10 bits per heavy atom.